The molecule has 0 spiro atoms. The van der Waals surface area contributed by atoms with E-state index in [0.717, 1.165) is 12.8 Å². The van der Waals surface area contributed by atoms with Gasteiger partial charge in [-0.2, -0.15) is 4.31 Å². The van der Waals surface area contributed by atoms with Gasteiger partial charge in [0.2, 0.25) is 10.0 Å². The molecule has 6 nitrogen and oxygen atoms in total. The molecule has 7 heteroatoms. The van der Waals surface area contributed by atoms with E-state index in [0.29, 0.717) is 25.2 Å². The average molecular weight is 326 g/mol. The van der Waals surface area contributed by atoms with Crippen molar-refractivity contribution in [1.82, 2.24) is 4.31 Å². The fraction of sp³-hybridized carbons (Fsp3) is 0.533. The first-order valence-electron chi connectivity index (χ1n) is 7.46. The molecule has 122 valence electrons. The van der Waals surface area contributed by atoms with Gasteiger partial charge in [-0.1, -0.05) is 0 Å². The molecule has 2 N–H and O–H groups in total. The highest BCUT2D eigenvalue weighted by Crippen LogP contribution is 2.23. The highest BCUT2D eigenvalue weighted by Gasteiger charge is 2.29. The van der Waals surface area contributed by atoms with Gasteiger partial charge in [-0.3, -0.25) is 0 Å². The number of carbonyl (C=O) groups excluding carboxylic acids is 1. The van der Waals surface area contributed by atoms with Gasteiger partial charge in [0, 0.05) is 13.1 Å². The van der Waals surface area contributed by atoms with Crippen LogP contribution in [0.25, 0.3) is 0 Å². The van der Waals surface area contributed by atoms with Crippen LogP contribution in [0.1, 0.15) is 30.1 Å². The SMILES string of the molecule is CCOC(=O)c1ccc(S(=O)(=O)N2CCCC(CN)C2)cc1. The molecule has 2 rings (SSSR count). The van der Waals surface area contributed by atoms with E-state index in [1.807, 2.05) is 0 Å². The molecule has 1 unspecified atom stereocenters. The Labute approximate surface area is 131 Å². The molecule has 22 heavy (non-hydrogen) atoms. The van der Waals surface area contributed by atoms with Gasteiger partial charge in [0.05, 0.1) is 17.1 Å². The summed E-state index contributed by atoms with van der Waals surface area (Å²) < 4.78 is 31.6. The van der Waals surface area contributed by atoms with Crippen molar-refractivity contribution < 1.29 is 17.9 Å². The molecule has 1 atom stereocenters. The summed E-state index contributed by atoms with van der Waals surface area (Å²) >= 11 is 0. The summed E-state index contributed by atoms with van der Waals surface area (Å²) in [5, 5.41) is 0. The molecule has 0 radical (unpaired) electrons. The van der Waals surface area contributed by atoms with Crippen LogP contribution in [0.15, 0.2) is 29.2 Å². The van der Waals surface area contributed by atoms with E-state index >= 15 is 0 Å². The summed E-state index contributed by atoms with van der Waals surface area (Å²) in [6.07, 6.45) is 1.78. The molecule has 1 fully saturated rings. The van der Waals surface area contributed by atoms with Gasteiger partial charge in [0.15, 0.2) is 0 Å². The molecule has 0 saturated carbocycles. The number of sulfonamides is 1. The molecular weight excluding hydrogens is 304 g/mol. The van der Waals surface area contributed by atoms with Gasteiger partial charge < -0.3 is 10.5 Å². The normalized spacial score (nSPS) is 19.8. The lowest BCUT2D eigenvalue weighted by molar-refractivity contribution is 0.0526. The second kappa shape index (κ2) is 7.21. The van der Waals surface area contributed by atoms with Crippen molar-refractivity contribution >= 4 is 16.0 Å². The van der Waals surface area contributed by atoms with Gasteiger partial charge in [-0.25, -0.2) is 13.2 Å². The van der Waals surface area contributed by atoms with E-state index < -0.39 is 16.0 Å². The van der Waals surface area contributed by atoms with Gasteiger partial charge in [0.25, 0.3) is 0 Å². The van der Waals surface area contributed by atoms with Crippen molar-refractivity contribution in [2.45, 2.75) is 24.7 Å². The molecule has 0 amide bonds. The van der Waals surface area contributed by atoms with Gasteiger partial charge in [-0.05, 0) is 56.5 Å². The third-order valence-electron chi connectivity index (χ3n) is 3.82. The first-order valence-corrected chi connectivity index (χ1v) is 8.90. The zero-order chi connectivity index (χ0) is 16.2. The van der Waals surface area contributed by atoms with E-state index in [2.05, 4.69) is 0 Å². The zero-order valence-electron chi connectivity index (χ0n) is 12.7. The van der Waals surface area contributed by atoms with Crippen LogP contribution in [0.5, 0.6) is 0 Å². The van der Waals surface area contributed by atoms with Crippen LogP contribution in [0.4, 0.5) is 0 Å². The molecule has 0 bridgehead atoms. The van der Waals surface area contributed by atoms with Crippen molar-refractivity contribution in [2.24, 2.45) is 11.7 Å². The smallest absolute Gasteiger partial charge is 0.338 e. The number of nitrogens with two attached hydrogens (primary N) is 1. The zero-order valence-corrected chi connectivity index (χ0v) is 13.5. The Balaban J connectivity index is 2.17. The molecule has 0 aromatic heterocycles. The highest BCUT2D eigenvalue weighted by molar-refractivity contribution is 7.89. The number of carbonyl (C=O) groups is 1. The maximum Gasteiger partial charge on any atom is 0.338 e. The third-order valence-corrected chi connectivity index (χ3v) is 5.70. The van der Waals surface area contributed by atoms with Crippen LogP contribution in [-0.4, -0.2) is 44.9 Å². The fourth-order valence-electron chi connectivity index (χ4n) is 2.56. The maximum absolute atomic E-state index is 12.6. The molecule has 1 aliphatic heterocycles. The molecule has 1 heterocycles. The van der Waals surface area contributed by atoms with E-state index in [1.165, 1.54) is 28.6 Å². The summed E-state index contributed by atoms with van der Waals surface area (Å²) in [7, 11) is -3.53. The quantitative estimate of drug-likeness (QED) is 0.822. The van der Waals surface area contributed by atoms with Crippen LogP contribution in [-0.2, 0) is 14.8 Å². The van der Waals surface area contributed by atoms with Crippen molar-refractivity contribution in [3.8, 4) is 0 Å². The molecular formula is C15H22N2O4S. The number of hydrogen-bond donors (Lipinski definition) is 1. The van der Waals surface area contributed by atoms with Crippen LogP contribution < -0.4 is 5.73 Å². The lowest BCUT2D eigenvalue weighted by atomic mass is 10.0. The standard InChI is InChI=1S/C15H22N2O4S/c1-2-21-15(18)13-5-7-14(8-6-13)22(19,20)17-9-3-4-12(10-16)11-17/h5-8,12H,2-4,9-11,16H2,1H3. The van der Waals surface area contributed by atoms with Gasteiger partial charge in [-0.15, -0.1) is 0 Å². The molecule has 1 aromatic rings. The van der Waals surface area contributed by atoms with Crippen LogP contribution in [0.2, 0.25) is 0 Å². The number of piperidine rings is 1. The lowest BCUT2D eigenvalue weighted by Crippen LogP contribution is -2.41. The first-order chi connectivity index (χ1) is 10.5. The second-order valence-electron chi connectivity index (χ2n) is 5.35. The number of hydrogen-bond acceptors (Lipinski definition) is 5. The molecule has 0 aliphatic carbocycles. The lowest BCUT2D eigenvalue weighted by Gasteiger charge is -2.31. The Hall–Kier alpha value is -1.44. The maximum atomic E-state index is 12.6. The second-order valence-corrected chi connectivity index (χ2v) is 7.29. The molecule has 1 aliphatic rings. The fourth-order valence-corrected chi connectivity index (χ4v) is 4.12. The van der Waals surface area contributed by atoms with Crippen molar-refractivity contribution in [3.05, 3.63) is 29.8 Å². The predicted octanol–water partition coefficient (Wildman–Crippen LogP) is 1.22. The molecule has 1 saturated heterocycles. The Morgan fingerprint density at radius 3 is 2.64 bits per heavy atom. The van der Waals surface area contributed by atoms with E-state index in [1.54, 1.807) is 6.92 Å². The number of esters is 1. The van der Waals surface area contributed by atoms with Crippen LogP contribution in [0, 0.1) is 5.92 Å². The van der Waals surface area contributed by atoms with Crippen LogP contribution >= 0.6 is 0 Å². The summed E-state index contributed by atoms with van der Waals surface area (Å²) in [6, 6.07) is 5.87. The minimum Gasteiger partial charge on any atom is -0.462 e. The summed E-state index contributed by atoms with van der Waals surface area (Å²) in [4.78, 5) is 11.8. The number of ether oxygens (including phenoxy) is 1. The Kier molecular flexibility index (Phi) is 5.55. The summed E-state index contributed by atoms with van der Waals surface area (Å²) in [5.41, 5.74) is 6.00. The van der Waals surface area contributed by atoms with Gasteiger partial charge in [0.1, 0.15) is 0 Å². The van der Waals surface area contributed by atoms with Crippen molar-refractivity contribution in [3.63, 3.8) is 0 Å². The van der Waals surface area contributed by atoms with E-state index in [4.69, 9.17) is 10.5 Å². The van der Waals surface area contributed by atoms with Crippen LogP contribution in [0.3, 0.4) is 0 Å². The van der Waals surface area contributed by atoms with E-state index in [9.17, 15) is 13.2 Å². The Bertz CT molecular complexity index is 613. The predicted molar refractivity (Wildman–Crippen MR) is 82.9 cm³/mol. The monoisotopic (exact) mass is 326 g/mol. The largest absolute Gasteiger partial charge is 0.462 e. The topological polar surface area (TPSA) is 89.7 Å². The van der Waals surface area contributed by atoms with Crippen molar-refractivity contribution in [2.75, 3.05) is 26.2 Å². The average Bonchev–Trinajstić information content (AvgIpc) is 2.55. The van der Waals surface area contributed by atoms with Crippen molar-refractivity contribution in [1.29, 1.82) is 0 Å². The minimum atomic E-state index is -3.53. The number of benzene rings is 1. The highest BCUT2D eigenvalue weighted by atomic mass is 32.2. The van der Waals surface area contributed by atoms with Gasteiger partial charge >= 0.3 is 5.97 Å². The summed E-state index contributed by atoms with van der Waals surface area (Å²) in [6.45, 7) is 3.47. The Morgan fingerprint density at radius 2 is 2.05 bits per heavy atom. The first kappa shape index (κ1) is 16.9. The number of rotatable bonds is 5. The number of nitrogens with zero attached hydrogens (tertiary/aromatic N) is 1. The third kappa shape index (κ3) is 3.66. The van der Waals surface area contributed by atoms with E-state index in [-0.39, 0.29) is 17.4 Å². The summed E-state index contributed by atoms with van der Waals surface area (Å²) in [5.74, 6) is -0.241. The molecule has 1 aromatic carbocycles. The Morgan fingerprint density at radius 1 is 1.36 bits per heavy atom. The minimum absolute atomic E-state index is 0.193.